The standard InChI is InChI=1S/C9H15N3O2/c10-4-1-6-12(7-2-5-11)8-3-9(13)14/h9,13-14H,1-3,6-8H2. The van der Waals surface area contributed by atoms with Crippen LogP contribution in [0.3, 0.4) is 0 Å². The summed E-state index contributed by atoms with van der Waals surface area (Å²) in [6.45, 7) is 1.65. The molecule has 0 saturated carbocycles. The summed E-state index contributed by atoms with van der Waals surface area (Å²) in [7, 11) is 0. The fourth-order valence-electron chi connectivity index (χ4n) is 1.05. The average molecular weight is 197 g/mol. The molecule has 0 fully saturated rings. The molecule has 0 aliphatic carbocycles. The van der Waals surface area contributed by atoms with Crippen molar-refractivity contribution in [1.82, 2.24) is 4.90 Å². The molecule has 0 heterocycles. The van der Waals surface area contributed by atoms with Crippen molar-refractivity contribution in [2.75, 3.05) is 19.6 Å². The molecule has 0 aromatic heterocycles. The Morgan fingerprint density at radius 1 is 1.00 bits per heavy atom. The van der Waals surface area contributed by atoms with Gasteiger partial charge in [-0.1, -0.05) is 0 Å². The molecule has 0 radical (unpaired) electrons. The van der Waals surface area contributed by atoms with E-state index in [9.17, 15) is 0 Å². The molecule has 0 aromatic rings. The van der Waals surface area contributed by atoms with Gasteiger partial charge in [-0.05, 0) is 0 Å². The summed E-state index contributed by atoms with van der Waals surface area (Å²) in [6.07, 6.45) is -0.279. The lowest BCUT2D eigenvalue weighted by Crippen LogP contribution is -2.29. The third-order valence-electron chi connectivity index (χ3n) is 1.78. The van der Waals surface area contributed by atoms with E-state index in [1.807, 2.05) is 17.0 Å². The highest BCUT2D eigenvalue weighted by Crippen LogP contribution is 1.97. The predicted octanol–water partition coefficient (Wildman–Crippen LogP) is -0.183. The topological polar surface area (TPSA) is 91.3 Å². The van der Waals surface area contributed by atoms with Crippen LogP contribution in [0.25, 0.3) is 0 Å². The number of hydrogen-bond acceptors (Lipinski definition) is 5. The van der Waals surface area contributed by atoms with Crippen LogP contribution in [0, 0.1) is 22.7 Å². The number of nitriles is 2. The van der Waals surface area contributed by atoms with Crippen molar-refractivity contribution in [1.29, 1.82) is 10.5 Å². The van der Waals surface area contributed by atoms with Crippen LogP contribution in [-0.4, -0.2) is 41.0 Å². The van der Waals surface area contributed by atoms with E-state index in [0.29, 0.717) is 32.5 Å². The average Bonchev–Trinajstić information content (AvgIpc) is 2.16. The summed E-state index contributed by atoms with van der Waals surface area (Å²) in [5.74, 6) is 0. The zero-order valence-corrected chi connectivity index (χ0v) is 8.06. The first-order chi connectivity index (χ1) is 6.70. The van der Waals surface area contributed by atoms with Crippen LogP contribution < -0.4 is 0 Å². The third kappa shape index (κ3) is 7.51. The minimum atomic E-state index is -1.32. The van der Waals surface area contributed by atoms with Crippen molar-refractivity contribution < 1.29 is 10.2 Å². The number of aliphatic hydroxyl groups is 2. The van der Waals surface area contributed by atoms with Gasteiger partial charge in [-0.3, -0.25) is 0 Å². The summed E-state index contributed by atoms with van der Waals surface area (Å²) in [4.78, 5) is 1.88. The normalized spacial score (nSPS) is 10.1. The van der Waals surface area contributed by atoms with Crippen molar-refractivity contribution in [2.45, 2.75) is 25.6 Å². The van der Waals surface area contributed by atoms with Crippen molar-refractivity contribution in [3.63, 3.8) is 0 Å². The Balaban J connectivity index is 3.74. The van der Waals surface area contributed by atoms with Crippen LogP contribution in [0.5, 0.6) is 0 Å². The van der Waals surface area contributed by atoms with Crippen molar-refractivity contribution in [2.24, 2.45) is 0 Å². The molecular weight excluding hydrogens is 182 g/mol. The third-order valence-corrected chi connectivity index (χ3v) is 1.78. The Morgan fingerprint density at radius 2 is 1.50 bits per heavy atom. The molecule has 14 heavy (non-hydrogen) atoms. The molecule has 0 rings (SSSR count). The van der Waals surface area contributed by atoms with Gasteiger partial charge in [-0.15, -0.1) is 0 Å². The smallest absolute Gasteiger partial charge is 0.152 e. The lowest BCUT2D eigenvalue weighted by atomic mass is 10.3. The van der Waals surface area contributed by atoms with Crippen LogP contribution in [0.15, 0.2) is 0 Å². The number of nitrogens with zero attached hydrogens (tertiary/aromatic N) is 3. The molecule has 0 unspecified atom stereocenters. The number of rotatable bonds is 7. The first kappa shape index (κ1) is 12.9. The quantitative estimate of drug-likeness (QED) is 0.552. The van der Waals surface area contributed by atoms with E-state index in [1.165, 1.54) is 0 Å². The summed E-state index contributed by atoms with van der Waals surface area (Å²) in [5.41, 5.74) is 0. The molecular formula is C9H15N3O2. The van der Waals surface area contributed by atoms with Gasteiger partial charge in [0.1, 0.15) is 0 Å². The maximum atomic E-state index is 8.65. The van der Waals surface area contributed by atoms with Crippen LogP contribution in [-0.2, 0) is 0 Å². The second-order valence-corrected chi connectivity index (χ2v) is 2.93. The molecule has 0 aliphatic rings. The highest BCUT2D eigenvalue weighted by molar-refractivity contribution is 4.76. The van der Waals surface area contributed by atoms with Gasteiger partial charge in [0.25, 0.3) is 0 Å². The molecule has 0 saturated heterocycles. The minimum Gasteiger partial charge on any atom is -0.368 e. The molecule has 0 atom stereocenters. The Hall–Kier alpha value is -1.14. The maximum Gasteiger partial charge on any atom is 0.152 e. The van der Waals surface area contributed by atoms with Gasteiger partial charge in [0.05, 0.1) is 12.1 Å². The van der Waals surface area contributed by atoms with Gasteiger partial charge in [-0.2, -0.15) is 10.5 Å². The van der Waals surface area contributed by atoms with E-state index >= 15 is 0 Å². The second-order valence-electron chi connectivity index (χ2n) is 2.93. The first-order valence-electron chi connectivity index (χ1n) is 4.53. The molecule has 5 heteroatoms. The van der Waals surface area contributed by atoms with Crippen molar-refractivity contribution >= 4 is 0 Å². The molecule has 0 bridgehead atoms. The van der Waals surface area contributed by atoms with E-state index < -0.39 is 6.29 Å². The highest BCUT2D eigenvalue weighted by atomic mass is 16.5. The maximum absolute atomic E-state index is 8.65. The number of aliphatic hydroxyl groups excluding tert-OH is 1. The van der Waals surface area contributed by atoms with E-state index in [4.69, 9.17) is 20.7 Å². The zero-order valence-electron chi connectivity index (χ0n) is 8.06. The van der Waals surface area contributed by atoms with Gasteiger partial charge in [-0.25, -0.2) is 0 Å². The van der Waals surface area contributed by atoms with Crippen LogP contribution >= 0.6 is 0 Å². The van der Waals surface area contributed by atoms with E-state index in [0.717, 1.165) is 0 Å². The van der Waals surface area contributed by atoms with E-state index in [2.05, 4.69) is 0 Å². The van der Waals surface area contributed by atoms with Gasteiger partial charge in [0.15, 0.2) is 6.29 Å². The molecule has 78 valence electrons. The summed E-state index contributed by atoms with van der Waals surface area (Å²) in [5, 5.41) is 34.1. The molecule has 0 spiro atoms. The molecule has 0 aliphatic heterocycles. The number of hydrogen-bond donors (Lipinski definition) is 2. The molecule has 0 amide bonds. The van der Waals surface area contributed by atoms with Gasteiger partial charge >= 0.3 is 0 Å². The van der Waals surface area contributed by atoms with Crippen molar-refractivity contribution in [3.8, 4) is 12.1 Å². The first-order valence-corrected chi connectivity index (χ1v) is 4.53. The SMILES string of the molecule is N#CCCN(CCC#N)CCC(O)O. The largest absolute Gasteiger partial charge is 0.368 e. The highest BCUT2D eigenvalue weighted by Gasteiger charge is 2.06. The summed E-state index contributed by atoms with van der Waals surface area (Å²) >= 11 is 0. The molecule has 0 aromatic carbocycles. The van der Waals surface area contributed by atoms with Crippen LogP contribution in [0.4, 0.5) is 0 Å². The lowest BCUT2D eigenvalue weighted by molar-refractivity contribution is -0.0501. The Kier molecular flexibility index (Phi) is 7.77. The van der Waals surface area contributed by atoms with Gasteiger partial charge < -0.3 is 15.1 Å². The Bertz CT molecular complexity index is 199. The van der Waals surface area contributed by atoms with Gasteiger partial charge in [0.2, 0.25) is 0 Å². The minimum absolute atomic E-state index is 0.247. The molecule has 2 N–H and O–H groups in total. The summed E-state index contributed by atoms with van der Waals surface area (Å²) in [6, 6.07) is 4.03. The monoisotopic (exact) mass is 197 g/mol. The van der Waals surface area contributed by atoms with E-state index in [-0.39, 0.29) is 6.42 Å². The fourth-order valence-corrected chi connectivity index (χ4v) is 1.05. The predicted molar refractivity (Wildman–Crippen MR) is 49.7 cm³/mol. The lowest BCUT2D eigenvalue weighted by Gasteiger charge is -2.19. The van der Waals surface area contributed by atoms with E-state index in [1.54, 1.807) is 0 Å². The molecule has 5 nitrogen and oxygen atoms in total. The Labute approximate surface area is 83.8 Å². The fraction of sp³-hybridized carbons (Fsp3) is 0.778. The zero-order chi connectivity index (χ0) is 10.8. The Morgan fingerprint density at radius 3 is 1.86 bits per heavy atom. The second kappa shape index (κ2) is 8.46. The van der Waals surface area contributed by atoms with Crippen LogP contribution in [0.1, 0.15) is 19.3 Å². The van der Waals surface area contributed by atoms with Crippen LogP contribution in [0.2, 0.25) is 0 Å². The van der Waals surface area contributed by atoms with Gasteiger partial charge in [0, 0.05) is 38.9 Å². The summed E-state index contributed by atoms with van der Waals surface area (Å²) < 4.78 is 0. The van der Waals surface area contributed by atoms with Crippen molar-refractivity contribution in [3.05, 3.63) is 0 Å².